The van der Waals surface area contributed by atoms with Crippen molar-refractivity contribution in [1.29, 1.82) is 0 Å². The Morgan fingerprint density at radius 1 is 1.35 bits per heavy atom. The van der Waals surface area contributed by atoms with Crippen molar-refractivity contribution in [2.45, 2.75) is 39.2 Å². The summed E-state index contributed by atoms with van der Waals surface area (Å²) in [6, 6.07) is 0. The Hall–Kier alpha value is -1.14. The summed E-state index contributed by atoms with van der Waals surface area (Å²) in [4.78, 5) is 24.5. The predicted molar refractivity (Wildman–Crippen MR) is 77.6 cm³/mol. The van der Waals surface area contributed by atoms with Gasteiger partial charge in [0, 0.05) is 12.1 Å². The van der Waals surface area contributed by atoms with Crippen LogP contribution in [0.15, 0.2) is 0 Å². The number of nitrogens with zero attached hydrogens (tertiary/aromatic N) is 1. The van der Waals surface area contributed by atoms with E-state index in [1.807, 2.05) is 20.8 Å². The monoisotopic (exact) mass is 285 g/mol. The summed E-state index contributed by atoms with van der Waals surface area (Å²) in [5.41, 5.74) is -0.199. The van der Waals surface area contributed by atoms with Crippen molar-refractivity contribution >= 4 is 11.9 Å². The number of amides is 1. The van der Waals surface area contributed by atoms with Gasteiger partial charge in [-0.25, -0.2) is 0 Å². The maximum absolute atomic E-state index is 11.9. The maximum Gasteiger partial charge on any atom is 0.317 e. The van der Waals surface area contributed by atoms with Gasteiger partial charge in [-0.3, -0.25) is 14.5 Å². The molecule has 1 unspecified atom stereocenters. The summed E-state index contributed by atoms with van der Waals surface area (Å²) in [6.07, 6.45) is 2.15. The number of hydrogen-bond donors (Lipinski definition) is 3. The Labute approximate surface area is 120 Å². The highest BCUT2D eigenvalue weighted by Gasteiger charge is 2.23. The van der Waals surface area contributed by atoms with Crippen molar-refractivity contribution in [3.8, 4) is 0 Å². The fraction of sp³-hybridized carbons (Fsp3) is 0.857. The molecule has 3 N–H and O–H groups in total. The quantitative estimate of drug-likeness (QED) is 0.653. The smallest absolute Gasteiger partial charge is 0.317 e. The molecule has 0 saturated carbocycles. The number of carbonyl (C=O) groups is 2. The highest BCUT2D eigenvalue weighted by atomic mass is 16.4. The molecule has 1 fully saturated rings. The van der Waals surface area contributed by atoms with Crippen LogP contribution < -0.4 is 10.6 Å². The molecule has 1 aliphatic heterocycles. The van der Waals surface area contributed by atoms with Gasteiger partial charge >= 0.3 is 5.97 Å². The van der Waals surface area contributed by atoms with E-state index in [1.54, 1.807) is 0 Å². The van der Waals surface area contributed by atoms with E-state index in [1.165, 1.54) is 0 Å². The zero-order chi connectivity index (χ0) is 15.2. The van der Waals surface area contributed by atoms with Crippen LogP contribution in [-0.4, -0.2) is 60.1 Å². The standard InChI is InChI=1S/C14H27N3O3/c1-14(2,3)16-12(18)10-17-6-4-5-11(9-17)7-15-8-13(19)20/h11,15H,4-10H2,1-3H3,(H,16,18)(H,19,20). The first kappa shape index (κ1) is 16.9. The Morgan fingerprint density at radius 3 is 2.65 bits per heavy atom. The van der Waals surface area contributed by atoms with Crippen molar-refractivity contribution in [3.05, 3.63) is 0 Å². The lowest BCUT2D eigenvalue weighted by molar-refractivity contribution is -0.136. The third-order valence-corrected chi connectivity index (χ3v) is 3.19. The largest absolute Gasteiger partial charge is 0.480 e. The minimum Gasteiger partial charge on any atom is -0.480 e. The molecule has 20 heavy (non-hydrogen) atoms. The Kier molecular flexibility index (Phi) is 6.42. The fourth-order valence-corrected chi connectivity index (χ4v) is 2.51. The molecule has 1 amide bonds. The van der Waals surface area contributed by atoms with Crippen LogP contribution in [0.4, 0.5) is 0 Å². The molecule has 0 spiro atoms. The van der Waals surface area contributed by atoms with Gasteiger partial charge < -0.3 is 15.7 Å². The number of piperidine rings is 1. The first-order valence-electron chi connectivity index (χ1n) is 7.22. The number of likely N-dealkylation sites (tertiary alicyclic amines) is 1. The van der Waals surface area contributed by atoms with Crippen molar-refractivity contribution in [2.75, 3.05) is 32.7 Å². The Bertz CT molecular complexity index is 339. The SMILES string of the molecule is CC(C)(C)NC(=O)CN1CCCC(CNCC(=O)O)C1. The zero-order valence-corrected chi connectivity index (χ0v) is 12.7. The molecule has 0 radical (unpaired) electrons. The Morgan fingerprint density at radius 2 is 2.05 bits per heavy atom. The van der Waals surface area contributed by atoms with Crippen molar-refractivity contribution in [1.82, 2.24) is 15.5 Å². The second-order valence-electron chi connectivity index (χ2n) is 6.57. The summed E-state index contributed by atoms with van der Waals surface area (Å²) >= 11 is 0. The molecule has 1 atom stereocenters. The van der Waals surface area contributed by atoms with Gasteiger partial charge in [-0.1, -0.05) is 0 Å². The third kappa shape index (κ3) is 7.45. The van der Waals surface area contributed by atoms with E-state index in [0.29, 0.717) is 19.0 Å². The number of carbonyl (C=O) groups excluding carboxylic acids is 1. The highest BCUT2D eigenvalue weighted by Crippen LogP contribution is 2.15. The van der Waals surface area contributed by atoms with E-state index in [2.05, 4.69) is 15.5 Å². The molecule has 1 rings (SSSR count). The minimum atomic E-state index is -0.831. The molecular weight excluding hydrogens is 258 g/mol. The van der Waals surface area contributed by atoms with Crippen LogP contribution in [0.2, 0.25) is 0 Å². The van der Waals surface area contributed by atoms with Crippen LogP contribution in [0.25, 0.3) is 0 Å². The van der Waals surface area contributed by atoms with Crippen molar-refractivity contribution in [2.24, 2.45) is 5.92 Å². The van der Waals surface area contributed by atoms with Gasteiger partial charge in [0.1, 0.15) is 0 Å². The molecule has 1 saturated heterocycles. The van der Waals surface area contributed by atoms with Crippen LogP contribution in [0.3, 0.4) is 0 Å². The van der Waals surface area contributed by atoms with Crippen molar-refractivity contribution < 1.29 is 14.7 Å². The molecule has 0 aromatic carbocycles. The number of aliphatic carboxylic acids is 1. The maximum atomic E-state index is 11.9. The van der Waals surface area contributed by atoms with E-state index in [-0.39, 0.29) is 18.0 Å². The van der Waals surface area contributed by atoms with Crippen LogP contribution in [0.5, 0.6) is 0 Å². The highest BCUT2D eigenvalue weighted by molar-refractivity contribution is 5.78. The van der Waals surface area contributed by atoms with E-state index in [0.717, 1.165) is 25.9 Å². The predicted octanol–water partition coefficient (Wildman–Crippen LogP) is 0.287. The van der Waals surface area contributed by atoms with Gasteiger partial charge in [-0.15, -0.1) is 0 Å². The minimum absolute atomic E-state index is 0.00100. The van der Waals surface area contributed by atoms with E-state index >= 15 is 0 Å². The summed E-state index contributed by atoms with van der Waals surface area (Å²) in [5.74, 6) is -0.357. The number of carboxylic acids is 1. The molecule has 0 aliphatic carbocycles. The average molecular weight is 285 g/mol. The molecular formula is C14H27N3O3. The number of rotatable bonds is 6. The van der Waals surface area contributed by atoms with E-state index in [4.69, 9.17) is 5.11 Å². The fourth-order valence-electron chi connectivity index (χ4n) is 2.51. The van der Waals surface area contributed by atoms with Crippen LogP contribution in [0.1, 0.15) is 33.6 Å². The first-order chi connectivity index (χ1) is 9.26. The van der Waals surface area contributed by atoms with Crippen LogP contribution >= 0.6 is 0 Å². The normalized spacial score (nSPS) is 20.6. The van der Waals surface area contributed by atoms with Crippen molar-refractivity contribution in [3.63, 3.8) is 0 Å². The van der Waals surface area contributed by atoms with Gasteiger partial charge in [-0.2, -0.15) is 0 Å². The summed E-state index contributed by atoms with van der Waals surface area (Å²) in [5, 5.41) is 14.5. The number of carboxylic acid groups (broad SMARTS) is 1. The van der Waals surface area contributed by atoms with Gasteiger partial charge in [0.15, 0.2) is 0 Å². The molecule has 116 valence electrons. The van der Waals surface area contributed by atoms with E-state index < -0.39 is 5.97 Å². The lowest BCUT2D eigenvalue weighted by Crippen LogP contribution is -2.48. The number of nitrogens with one attached hydrogen (secondary N) is 2. The molecule has 0 bridgehead atoms. The summed E-state index contributed by atoms with van der Waals surface area (Å²) in [7, 11) is 0. The average Bonchev–Trinajstić information content (AvgIpc) is 2.26. The Balaban J connectivity index is 2.30. The molecule has 0 aromatic heterocycles. The first-order valence-corrected chi connectivity index (χ1v) is 7.22. The second-order valence-corrected chi connectivity index (χ2v) is 6.57. The second kappa shape index (κ2) is 7.59. The van der Waals surface area contributed by atoms with Gasteiger partial charge in [0.2, 0.25) is 5.91 Å². The molecule has 6 heteroatoms. The molecule has 1 heterocycles. The van der Waals surface area contributed by atoms with Crippen LogP contribution in [-0.2, 0) is 9.59 Å². The van der Waals surface area contributed by atoms with Gasteiger partial charge in [-0.05, 0) is 52.6 Å². The lowest BCUT2D eigenvalue weighted by Gasteiger charge is -2.33. The summed E-state index contributed by atoms with van der Waals surface area (Å²) < 4.78 is 0. The van der Waals surface area contributed by atoms with Crippen LogP contribution in [0, 0.1) is 5.92 Å². The molecule has 0 aromatic rings. The number of hydrogen-bond acceptors (Lipinski definition) is 4. The summed E-state index contributed by atoms with van der Waals surface area (Å²) in [6.45, 7) is 8.83. The molecule has 1 aliphatic rings. The van der Waals surface area contributed by atoms with Gasteiger partial charge in [0.25, 0.3) is 0 Å². The molecule has 6 nitrogen and oxygen atoms in total. The lowest BCUT2D eigenvalue weighted by atomic mass is 9.98. The van der Waals surface area contributed by atoms with E-state index in [9.17, 15) is 9.59 Å². The topological polar surface area (TPSA) is 81.7 Å². The zero-order valence-electron chi connectivity index (χ0n) is 12.7. The van der Waals surface area contributed by atoms with Gasteiger partial charge in [0.05, 0.1) is 13.1 Å². The third-order valence-electron chi connectivity index (χ3n) is 3.19.